The highest BCUT2D eigenvalue weighted by Crippen LogP contribution is 2.27. The lowest BCUT2D eigenvalue weighted by molar-refractivity contribution is -0.129. The molecule has 0 aliphatic carbocycles. The summed E-state index contributed by atoms with van der Waals surface area (Å²) in [6.07, 6.45) is 1.35. The fraction of sp³-hybridized carbons (Fsp3) is 0.500. The molecule has 0 aliphatic rings. The average Bonchev–Trinajstić information content (AvgIpc) is 2.38. The van der Waals surface area contributed by atoms with E-state index in [0.717, 1.165) is 18.5 Å². The Morgan fingerprint density at radius 2 is 1.89 bits per heavy atom. The summed E-state index contributed by atoms with van der Waals surface area (Å²) in [7, 11) is 5.01. The highest BCUT2D eigenvalue weighted by Gasteiger charge is 2.11. The van der Waals surface area contributed by atoms with Crippen LogP contribution in [0.4, 0.5) is 0 Å². The van der Waals surface area contributed by atoms with Crippen LogP contribution >= 0.6 is 0 Å². The van der Waals surface area contributed by atoms with Gasteiger partial charge in [0.05, 0.1) is 20.6 Å². The molecule has 0 atom stereocenters. The second kappa shape index (κ2) is 6.89. The molecule has 0 N–H and O–H groups in total. The van der Waals surface area contributed by atoms with Crippen LogP contribution in [0.5, 0.6) is 11.5 Å². The van der Waals surface area contributed by atoms with E-state index in [0.29, 0.717) is 17.9 Å². The lowest BCUT2D eigenvalue weighted by Gasteiger charge is -2.16. The molecule has 0 radical (unpaired) electrons. The maximum Gasteiger partial charge on any atom is 0.226 e. The second-order valence-corrected chi connectivity index (χ2v) is 4.18. The van der Waals surface area contributed by atoms with E-state index in [1.807, 2.05) is 25.2 Å². The van der Waals surface area contributed by atoms with Gasteiger partial charge in [0.15, 0.2) is 11.5 Å². The van der Waals surface area contributed by atoms with Crippen LogP contribution < -0.4 is 9.47 Å². The minimum absolute atomic E-state index is 0.115. The first-order valence-corrected chi connectivity index (χ1v) is 6.07. The minimum Gasteiger partial charge on any atom is -0.493 e. The third kappa shape index (κ3) is 3.65. The molecular formula is C14H21NO3. The van der Waals surface area contributed by atoms with Crippen molar-refractivity contribution in [1.29, 1.82) is 0 Å². The molecule has 18 heavy (non-hydrogen) atoms. The number of amides is 1. The van der Waals surface area contributed by atoms with Gasteiger partial charge < -0.3 is 14.4 Å². The Morgan fingerprint density at radius 3 is 2.44 bits per heavy atom. The van der Waals surface area contributed by atoms with Crippen LogP contribution in [-0.2, 0) is 11.2 Å². The molecule has 0 bridgehead atoms. The molecule has 100 valence electrons. The second-order valence-electron chi connectivity index (χ2n) is 4.18. The average molecular weight is 251 g/mol. The Bertz CT molecular complexity index is 404. The van der Waals surface area contributed by atoms with Crippen LogP contribution in [0.2, 0.25) is 0 Å². The standard InChI is InChI=1S/C14H21NO3/c1-5-8-15(2)14(16)10-11-6-7-12(17-3)13(9-11)18-4/h6-7,9H,5,8,10H2,1-4H3. The van der Waals surface area contributed by atoms with Gasteiger partial charge in [-0.05, 0) is 24.1 Å². The Kier molecular flexibility index (Phi) is 5.49. The Morgan fingerprint density at radius 1 is 1.22 bits per heavy atom. The zero-order valence-electron chi connectivity index (χ0n) is 11.5. The first kappa shape index (κ1) is 14.4. The van der Waals surface area contributed by atoms with E-state index in [2.05, 4.69) is 6.92 Å². The Labute approximate surface area is 108 Å². The van der Waals surface area contributed by atoms with Crippen LogP contribution in [0.25, 0.3) is 0 Å². The normalized spacial score (nSPS) is 10.0. The lowest BCUT2D eigenvalue weighted by Crippen LogP contribution is -2.28. The van der Waals surface area contributed by atoms with Crippen LogP contribution in [0, 0.1) is 0 Å². The van der Waals surface area contributed by atoms with Gasteiger partial charge in [0.2, 0.25) is 5.91 Å². The summed E-state index contributed by atoms with van der Waals surface area (Å²) >= 11 is 0. The van der Waals surface area contributed by atoms with Crippen LogP contribution in [-0.4, -0.2) is 38.6 Å². The molecule has 0 saturated carbocycles. The van der Waals surface area contributed by atoms with Gasteiger partial charge in [0.25, 0.3) is 0 Å². The Balaban J connectivity index is 2.76. The van der Waals surface area contributed by atoms with E-state index < -0.39 is 0 Å². The molecule has 0 heterocycles. The maximum atomic E-state index is 11.9. The number of carbonyl (C=O) groups is 1. The summed E-state index contributed by atoms with van der Waals surface area (Å²) in [5.41, 5.74) is 0.931. The molecule has 0 unspecified atom stereocenters. The quantitative estimate of drug-likeness (QED) is 0.777. The van der Waals surface area contributed by atoms with Gasteiger partial charge in [-0.3, -0.25) is 4.79 Å². The van der Waals surface area contributed by atoms with Crippen molar-refractivity contribution in [2.45, 2.75) is 19.8 Å². The van der Waals surface area contributed by atoms with Gasteiger partial charge in [0, 0.05) is 13.6 Å². The number of carbonyl (C=O) groups excluding carboxylic acids is 1. The van der Waals surface area contributed by atoms with Gasteiger partial charge in [-0.2, -0.15) is 0 Å². The number of hydrogen-bond acceptors (Lipinski definition) is 3. The molecular weight excluding hydrogens is 230 g/mol. The highest BCUT2D eigenvalue weighted by atomic mass is 16.5. The summed E-state index contributed by atoms with van der Waals surface area (Å²) in [4.78, 5) is 13.7. The number of nitrogens with zero attached hydrogens (tertiary/aromatic N) is 1. The molecule has 0 aliphatic heterocycles. The third-order valence-corrected chi connectivity index (χ3v) is 2.79. The van der Waals surface area contributed by atoms with Crippen LogP contribution in [0.3, 0.4) is 0 Å². The van der Waals surface area contributed by atoms with Gasteiger partial charge in [-0.15, -0.1) is 0 Å². The van der Waals surface area contributed by atoms with Crippen molar-refractivity contribution < 1.29 is 14.3 Å². The summed E-state index contributed by atoms with van der Waals surface area (Å²) in [5.74, 6) is 1.45. The van der Waals surface area contributed by atoms with Crippen LogP contribution in [0.1, 0.15) is 18.9 Å². The molecule has 1 rings (SSSR count). The van der Waals surface area contributed by atoms with Crippen molar-refractivity contribution in [3.63, 3.8) is 0 Å². The predicted octanol–water partition coefficient (Wildman–Crippen LogP) is 2.11. The van der Waals surface area contributed by atoms with E-state index in [1.54, 1.807) is 19.1 Å². The van der Waals surface area contributed by atoms with Crippen molar-refractivity contribution in [2.24, 2.45) is 0 Å². The van der Waals surface area contributed by atoms with Gasteiger partial charge in [-0.25, -0.2) is 0 Å². The summed E-state index contributed by atoms with van der Waals surface area (Å²) in [6.45, 7) is 2.84. The minimum atomic E-state index is 0.115. The van der Waals surface area contributed by atoms with Gasteiger partial charge in [-0.1, -0.05) is 13.0 Å². The molecule has 1 aromatic rings. The van der Waals surface area contributed by atoms with E-state index in [1.165, 1.54) is 0 Å². The summed E-state index contributed by atoms with van der Waals surface area (Å²) in [5, 5.41) is 0. The predicted molar refractivity (Wildman–Crippen MR) is 71.2 cm³/mol. The number of methoxy groups -OCH3 is 2. The number of hydrogen-bond donors (Lipinski definition) is 0. The van der Waals surface area contributed by atoms with Gasteiger partial charge >= 0.3 is 0 Å². The number of ether oxygens (including phenoxy) is 2. The fourth-order valence-corrected chi connectivity index (χ4v) is 1.76. The first-order valence-electron chi connectivity index (χ1n) is 6.07. The summed E-state index contributed by atoms with van der Waals surface area (Å²) in [6, 6.07) is 5.55. The molecule has 4 heteroatoms. The number of likely N-dealkylation sites (N-methyl/N-ethyl adjacent to an activating group) is 1. The van der Waals surface area contributed by atoms with Crippen molar-refractivity contribution in [3.8, 4) is 11.5 Å². The molecule has 1 amide bonds. The van der Waals surface area contributed by atoms with Gasteiger partial charge in [0.1, 0.15) is 0 Å². The van der Waals surface area contributed by atoms with E-state index >= 15 is 0 Å². The molecule has 0 spiro atoms. The monoisotopic (exact) mass is 251 g/mol. The maximum absolute atomic E-state index is 11.9. The Hall–Kier alpha value is -1.71. The largest absolute Gasteiger partial charge is 0.493 e. The van der Waals surface area contributed by atoms with Crippen molar-refractivity contribution >= 4 is 5.91 Å². The topological polar surface area (TPSA) is 38.8 Å². The highest BCUT2D eigenvalue weighted by molar-refractivity contribution is 5.78. The lowest BCUT2D eigenvalue weighted by atomic mass is 10.1. The van der Waals surface area contributed by atoms with Crippen molar-refractivity contribution in [3.05, 3.63) is 23.8 Å². The van der Waals surface area contributed by atoms with E-state index in [4.69, 9.17) is 9.47 Å². The zero-order valence-corrected chi connectivity index (χ0v) is 11.5. The zero-order chi connectivity index (χ0) is 13.5. The SMILES string of the molecule is CCCN(C)C(=O)Cc1ccc(OC)c(OC)c1. The number of benzene rings is 1. The molecule has 4 nitrogen and oxygen atoms in total. The van der Waals surface area contributed by atoms with E-state index in [-0.39, 0.29) is 5.91 Å². The molecule has 0 fully saturated rings. The molecule has 1 aromatic carbocycles. The van der Waals surface area contributed by atoms with E-state index in [9.17, 15) is 4.79 Å². The van der Waals surface area contributed by atoms with Crippen molar-refractivity contribution in [2.75, 3.05) is 27.8 Å². The smallest absolute Gasteiger partial charge is 0.226 e. The van der Waals surface area contributed by atoms with Crippen molar-refractivity contribution in [1.82, 2.24) is 4.90 Å². The fourth-order valence-electron chi connectivity index (χ4n) is 1.76. The summed E-state index contributed by atoms with van der Waals surface area (Å²) < 4.78 is 10.4. The molecule has 0 aromatic heterocycles. The van der Waals surface area contributed by atoms with Crippen LogP contribution in [0.15, 0.2) is 18.2 Å². The molecule has 0 saturated heterocycles. The first-order chi connectivity index (χ1) is 8.62. The third-order valence-electron chi connectivity index (χ3n) is 2.79. The number of rotatable bonds is 6.